The summed E-state index contributed by atoms with van der Waals surface area (Å²) in [7, 11) is 0. The average molecular weight is 603 g/mol. The molecule has 1 aliphatic carbocycles. The Morgan fingerprint density at radius 1 is 1.12 bits per heavy atom. The van der Waals surface area contributed by atoms with Gasteiger partial charge in [0.2, 0.25) is 11.8 Å². The van der Waals surface area contributed by atoms with E-state index in [1.165, 1.54) is 11.3 Å². The fourth-order valence-electron chi connectivity index (χ4n) is 6.63. The van der Waals surface area contributed by atoms with E-state index in [0.717, 1.165) is 54.5 Å². The predicted molar refractivity (Wildman–Crippen MR) is 166 cm³/mol. The Morgan fingerprint density at radius 3 is 2.49 bits per heavy atom. The smallest absolute Gasteiger partial charge is 0.304 e. The summed E-state index contributed by atoms with van der Waals surface area (Å²) in [6.45, 7) is 4.78. The number of hydrogen-bond donors (Lipinski definition) is 1. The van der Waals surface area contributed by atoms with Crippen LogP contribution < -0.4 is 9.80 Å². The zero-order valence-electron chi connectivity index (χ0n) is 24.6. The minimum atomic E-state index is -0.954. The van der Waals surface area contributed by atoms with Crippen LogP contribution in [0.2, 0.25) is 0 Å². The fourth-order valence-corrected chi connectivity index (χ4v) is 7.53. The monoisotopic (exact) mass is 602 g/mol. The highest BCUT2D eigenvalue weighted by Gasteiger charge is 2.40. The van der Waals surface area contributed by atoms with Gasteiger partial charge in [0, 0.05) is 47.6 Å². The molecule has 2 saturated heterocycles. The van der Waals surface area contributed by atoms with Gasteiger partial charge in [-0.1, -0.05) is 24.3 Å². The highest BCUT2D eigenvalue weighted by Crippen LogP contribution is 2.40. The Morgan fingerprint density at radius 2 is 1.86 bits per heavy atom. The minimum absolute atomic E-state index is 0.0515. The van der Waals surface area contributed by atoms with E-state index in [-0.39, 0.29) is 42.4 Å². The van der Waals surface area contributed by atoms with Gasteiger partial charge in [0.05, 0.1) is 24.3 Å². The summed E-state index contributed by atoms with van der Waals surface area (Å²) in [5.74, 6) is -0.679. The van der Waals surface area contributed by atoms with Crippen LogP contribution in [0.3, 0.4) is 0 Å². The van der Waals surface area contributed by atoms with Crippen molar-refractivity contribution in [1.29, 1.82) is 0 Å². The van der Waals surface area contributed by atoms with Gasteiger partial charge < -0.3 is 9.84 Å². The third kappa shape index (κ3) is 6.65. The molecule has 2 amide bonds. The molecule has 0 spiro atoms. The number of carbonyl (C=O) groups is 3. The maximum atomic E-state index is 14.1. The van der Waals surface area contributed by atoms with Crippen LogP contribution in [0.15, 0.2) is 48.0 Å². The number of carboxylic acids is 1. The Bertz CT molecular complexity index is 1480. The molecule has 43 heavy (non-hydrogen) atoms. The number of nitrogens with zero attached hydrogens (tertiary/aromatic N) is 4. The number of carboxylic acid groups (broad SMARTS) is 1. The van der Waals surface area contributed by atoms with Crippen molar-refractivity contribution < 1.29 is 24.2 Å². The third-order valence-corrected chi connectivity index (χ3v) is 9.48. The summed E-state index contributed by atoms with van der Waals surface area (Å²) in [5, 5.41) is 12.3. The second-order valence-corrected chi connectivity index (χ2v) is 13.0. The molecule has 3 aromatic rings. The average Bonchev–Trinajstić information content (AvgIpc) is 3.52. The molecular weight excluding hydrogens is 564 g/mol. The standard InChI is InChI=1S/C33H38N4O5S/c1-20-14-22(15-21(2)42-20)16-24(17-31(39)40)32(41)37(25-10-11-25)33-35-28(19-43-33)27-7-4-3-6-26(27)23-9-12-29(34-18-23)36-13-5-8-30(36)38/h3-4,6-7,9,12,18-22,24-25H,5,8,10-11,13-17H2,1-2H3,(H,39,40)/t20-,21+,22?,24?. The zero-order chi connectivity index (χ0) is 30.1. The molecule has 4 heterocycles. The van der Waals surface area contributed by atoms with Crippen LogP contribution in [0.5, 0.6) is 0 Å². The van der Waals surface area contributed by atoms with Crippen LogP contribution in [-0.2, 0) is 19.1 Å². The van der Waals surface area contributed by atoms with E-state index in [4.69, 9.17) is 9.72 Å². The van der Waals surface area contributed by atoms with Crippen molar-refractivity contribution in [3.05, 3.63) is 48.0 Å². The Hall–Kier alpha value is -3.63. The second kappa shape index (κ2) is 12.5. The van der Waals surface area contributed by atoms with Crippen LogP contribution >= 0.6 is 11.3 Å². The number of carbonyl (C=O) groups excluding carboxylic acids is 2. The van der Waals surface area contributed by atoms with Gasteiger partial charge in [0.25, 0.3) is 0 Å². The minimum Gasteiger partial charge on any atom is -0.481 e. The first-order valence-electron chi connectivity index (χ1n) is 15.3. The van der Waals surface area contributed by atoms with Gasteiger partial charge in [0.15, 0.2) is 5.13 Å². The number of ether oxygens (including phenoxy) is 1. The molecule has 9 nitrogen and oxygen atoms in total. The van der Waals surface area contributed by atoms with Crippen molar-refractivity contribution in [2.75, 3.05) is 16.3 Å². The first-order chi connectivity index (χ1) is 20.8. The lowest BCUT2D eigenvalue weighted by atomic mass is 9.83. The molecule has 3 fully saturated rings. The molecule has 1 saturated carbocycles. The van der Waals surface area contributed by atoms with Crippen molar-refractivity contribution in [1.82, 2.24) is 9.97 Å². The van der Waals surface area contributed by atoms with Crippen LogP contribution in [0, 0.1) is 11.8 Å². The molecule has 2 aromatic heterocycles. The molecule has 226 valence electrons. The van der Waals surface area contributed by atoms with Gasteiger partial charge in [-0.05, 0) is 76.0 Å². The summed E-state index contributed by atoms with van der Waals surface area (Å²) in [6, 6.07) is 11.9. The van der Waals surface area contributed by atoms with Gasteiger partial charge in [-0.25, -0.2) is 9.97 Å². The molecule has 10 heteroatoms. The molecule has 1 aromatic carbocycles. The lowest BCUT2D eigenvalue weighted by Crippen LogP contribution is -2.40. The van der Waals surface area contributed by atoms with E-state index in [2.05, 4.69) is 4.98 Å². The van der Waals surface area contributed by atoms with Gasteiger partial charge in [-0.3, -0.25) is 24.2 Å². The number of anilines is 2. The SMILES string of the molecule is C[C@@H]1CC(CC(CC(=O)O)C(=O)N(c2nc(-c3ccccc3-c3ccc(N4CCCC4=O)nc3)cs2)C2CC2)C[C@H](C)O1. The zero-order valence-corrected chi connectivity index (χ0v) is 25.5. The van der Waals surface area contributed by atoms with Crippen LogP contribution in [0.1, 0.15) is 65.2 Å². The largest absolute Gasteiger partial charge is 0.481 e. The molecule has 2 unspecified atom stereocenters. The lowest BCUT2D eigenvalue weighted by Gasteiger charge is -2.34. The number of aromatic nitrogens is 2. The van der Waals surface area contributed by atoms with Gasteiger partial charge >= 0.3 is 5.97 Å². The summed E-state index contributed by atoms with van der Waals surface area (Å²) >= 11 is 1.42. The molecule has 0 bridgehead atoms. The molecular formula is C33H38N4O5S. The van der Waals surface area contributed by atoms with E-state index in [0.29, 0.717) is 30.3 Å². The number of amides is 2. The number of thiazole rings is 1. The van der Waals surface area contributed by atoms with Gasteiger partial charge in [0.1, 0.15) is 5.82 Å². The van der Waals surface area contributed by atoms with Crippen LogP contribution in [0.4, 0.5) is 10.9 Å². The first kappa shape index (κ1) is 29.4. The molecule has 3 aliphatic rings. The third-order valence-electron chi connectivity index (χ3n) is 8.64. The number of aliphatic carboxylic acids is 1. The maximum absolute atomic E-state index is 14.1. The number of hydrogen-bond acceptors (Lipinski definition) is 7. The van der Waals surface area contributed by atoms with E-state index in [9.17, 15) is 19.5 Å². The quantitative estimate of drug-likeness (QED) is 0.295. The van der Waals surface area contributed by atoms with E-state index >= 15 is 0 Å². The van der Waals surface area contributed by atoms with Crippen molar-refractivity contribution in [2.24, 2.45) is 11.8 Å². The number of rotatable bonds is 10. The summed E-state index contributed by atoms with van der Waals surface area (Å²) in [4.78, 5) is 51.1. The fraction of sp³-hybridized carbons (Fsp3) is 0.485. The summed E-state index contributed by atoms with van der Waals surface area (Å²) in [6.07, 6.45) is 7.20. The normalized spacial score (nSPS) is 22.9. The van der Waals surface area contributed by atoms with Crippen molar-refractivity contribution in [2.45, 2.75) is 83.5 Å². The Balaban J connectivity index is 1.25. The number of benzene rings is 1. The van der Waals surface area contributed by atoms with Crippen LogP contribution in [0.25, 0.3) is 22.4 Å². The molecule has 6 rings (SSSR count). The first-order valence-corrected chi connectivity index (χ1v) is 16.2. The van der Waals surface area contributed by atoms with Crippen molar-refractivity contribution >= 4 is 40.1 Å². The highest BCUT2D eigenvalue weighted by molar-refractivity contribution is 7.14. The van der Waals surface area contributed by atoms with Gasteiger partial charge in [-0.2, -0.15) is 0 Å². The Labute approximate surface area is 255 Å². The Kier molecular flexibility index (Phi) is 8.59. The van der Waals surface area contributed by atoms with Crippen molar-refractivity contribution in [3.8, 4) is 22.4 Å². The summed E-state index contributed by atoms with van der Waals surface area (Å²) < 4.78 is 5.88. The molecule has 0 radical (unpaired) electrons. The second-order valence-electron chi connectivity index (χ2n) is 12.2. The molecule has 2 aliphatic heterocycles. The molecule has 4 atom stereocenters. The van der Waals surface area contributed by atoms with E-state index < -0.39 is 11.9 Å². The van der Waals surface area contributed by atoms with Gasteiger partial charge in [-0.15, -0.1) is 11.3 Å². The molecule has 1 N–H and O–H groups in total. The van der Waals surface area contributed by atoms with E-state index in [1.807, 2.05) is 55.6 Å². The number of pyridine rings is 1. The van der Waals surface area contributed by atoms with E-state index in [1.54, 1.807) is 16.0 Å². The van der Waals surface area contributed by atoms with Crippen LogP contribution in [-0.4, -0.2) is 57.7 Å². The maximum Gasteiger partial charge on any atom is 0.304 e. The predicted octanol–water partition coefficient (Wildman–Crippen LogP) is 6.18. The lowest BCUT2D eigenvalue weighted by molar-refractivity contribution is -0.141. The summed E-state index contributed by atoms with van der Waals surface area (Å²) in [5.41, 5.74) is 3.56. The van der Waals surface area contributed by atoms with Crippen molar-refractivity contribution in [3.63, 3.8) is 0 Å². The topological polar surface area (TPSA) is 113 Å². The highest BCUT2D eigenvalue weighted by atomic mass is 32.1.